The van der Waals surface area contributed by atoms with Crippen molar-refractivity contribution in [3.05, 3.63) is 65.2 Å². The van der Waals surface area contributed by atoms with Gasteiger partial charge >= 0.3 is 6.18 Å². The number of nitrogens with two attached hydrogens (primary N) is 1. The molecule has 4 atom stereocenters. The van der Waals surface area contributed by atoms with Crippen molar-refractivity contribution in [2.75, 3.05) is 19.3 Å². The summed E-state index contributed by atoms with van der Waals surface area (Å²) in [5.41, 5.74) is 4.28. The molecule has 40 heavy (non-hydrogen) atoms. The predicted octanol–water partition coefficient (Wildman–Crippen LogP) is 4.47. The molecule has 1 aliphatic heterocycles. The number of sulfone groups is 1. The zero-order valence-corrected chi connectivity index (χ0v) is 23.7. The van der Waals surface area contributed by atoms with Crippen LogP contribution in [0.15, 0.2) is 53.4 Å². The molecule has 4 rings (SSSR count). The fraction of sp³-hybridized carbons (Fsp3) is 0.517. The maximum Gasteiger partial charge on any atom is 0.416 e. The first-order valence-corrected chi connectivity index (χ1v) is 15.2. The van der Waals surface area contributed by atoms with Gasteiger partial charge in [-0.3, -0.25) is 9.59 Å². The van der Waals surface area contributed by atoms with Gasteiger partial charge in [0.15, 0.2) is 9.84 Å². The maximum absolute atomic E-state index is 13.8. The van der Waals surface area contributed by atoms with Gasteiger partial charge in [0.2, 0.25) is 11.8 Å². The number of amides is 2. The van der Waals surface area contributed by atoms with Gasteiger partial charge in [-0.05, 0) is 82.3 Å². The SMILES string of the molecule is CC(C)N(C)[C@@H]1CC[C@H](N2CC[C@@H](c3ccc(C(F)(F)F)cc3C(N)=O)C2=O)[C@H](CS(=O)(=O)c2ccccc2)C1. The molecule has 1 saturated carbocycles. The van der Waals surface area contributed by atoms with Gasteiger partial charge in [0.25, 0.3) is 0 Å². The zero-order valence-electron chi connectivity index (χ0n) is 22.9. The molecule has 1 aliphatic carbocycles. The number of alkyl halides is 3. The second-order valence-corrected chi connectivity index (χ2v) is 13.2. The Balaban J connectivity index is 1.63. The molecule has 2 aromatic carbocycles. The van der Waals surface area contributed by atoms with E-state index in [0.717, 1.165) is 12.5 Å². The summed E-state index contributed by atoms with van der Waals surface area (Å²) in [5, 5.41) is 0. The first-order valence-electron chi connectivity index (χ1n) is 13.5. The van der Waals surface area contributed by atoms with Gasteiger partial charge in [-0.2, -0.15) is 13.2 Å². The molecule has 0 bridgehead atoms. The highest BCUT2D eigenvalue weighted by molar-refractivity contribution is 7.91. The van der Waals surface area contributed by atoms with Gasteiger partial charge in [0.05, 0.1) is 22.1 Å². The highest BCUT2D eigenvalue weighted by Crippen LogP contribution is 2.40. The van der Waals surface area contributed by atoms with E-state index in [9.17, 15) is 31.2 Å². The monoisotopic (exact) mass is 579 g/mol. The van der Waals surface area contributed by atoms with Crippen LogP contribution in [0.25, 0.3) is 0 Å². The van der Waals surface area contributed by atoms with Crippen molar-refractivity contribution < 1.29 is 31.2 Å². The van der Waals surface area contributed by atoms with E-state index in [4.69, 9.17) is 5.73 Å². The molecule has 2 fully saturated rings. The van der Waals surface area contributed by atoms with Gasteiger partial charge in [-0.1, -0.05) is 24.3 Å². The Morgan fingerprint density at radius 1 is 1.10 bits per heavy atom. The first-order chi connectivity index (χ1) is 18.7. The van der Waals surface area contributed by atoms with Crippen molar-refractivity contribution in [3.8, 4) is 0 Å². The van der Waals surface area contributed by atoms with Crippen molar-refractivity contribution in [1.82, 2.24) is 9.80 Å². The highest BCUT2D eigenvalue weighted by atomic mass is 32.2. The molecule has 11 heteroatoms. The minimum atomic E-state index is -4.66. The Morgan fingerprint density at radius 3 is 2.38 bits per heavy atom. The summed E-state index contributed by atoms with van der Waals surface area (Å²) in [5.74, 6) is -2.63. The van der Waals surface area contributed by atoms with Crippen LogP contribution >= 0.6 is 0 Å². The van der Waals surface area contributed by atoms with E-state index in [1.54, 1.807) is 35.2 Å². The minimum absolute atomic E-state index is 0.120. The number of hydrogen-bond acceptors (Lipinski definition) is 5. The first kappa shape index (κ1) is 30.0. The van der Waals surface area contributed by atoms with E-state index >= 15 is 0 Å². The van der Waals surface area contributed by atoms with Crippen molar-refractivity contribution in [1.29, 1.82) is 0 Å². The van der Waals surface area contributed by atoms with Crippen LogP contribution in [0.1, 0.15) is 66.9 Å². The Labute approximate surface area is 233 Å². The zero-order chi connectivity index (χ0) is 29.4. The molecular weight excluding hydrogens is 543 g/mol. The predicted molar refractivity (Wildman–Crippen MR) is 145 cm³/mol. The summed E-state index contributed by atoms with van der Waals surface area (Å²) < 4.78 is 66.7. The molecule has 0 unspecified atom stereocenters. The topological polar surface area (TPSA) is 101 Å². The van der Waals surface area contributed by atoms with Gasteiger partial charge in [0.1, 0.15) is 0 Å². The number of rotatable bonds is 8. The number of likely N-dealkylation sites (tertiary alicyclic amines) is 1. The lowest BCUT2D eigenvalue weighted by Gasteiger charge is -2.44. The maximum atomic E-state index is 13.8. The number of hydrogen-bond donors (Lipinski definition) is 1. The molecule has 0 aromatic heterocycles. The van der Waals surface area contributed by atoms with Crippen LogP contribution in [-0.2, 0) is 20.8 Å². The van der Waals surface area contributed by atoms with Gasteiger partial charge in [-0.15, -0.1) is 0 Å². The molecule has 2 amide bonds. The molecular formula is C29H36F3N3O4S. The third-order valence-corrected chi connectivity index (χ3v) is 10.4. The van der Waals surface area contributed by atoms with Crippen LogP contribution in [0.3, 0.4) is 0 Å². The Kier molecular flexibility index (Phi) is 8.65. The van der Waals surface area contributed by atoms with E-state index < -0.39 is 33.4 Å². The summed E-state index contributed by atoms with van der Waals surface area (Å²) in [6.45, 7) is 4.48. The molecule has 7 nitrogen and oxygen atoms in total. The number of carbonyl (C=O) groups excluding carboxylic acids is 2. The smallest absolute Gasteiger partial charge is 0.366 e. The van der Waals surface area contributed by atoms with E-state index in [0.29, 0.717) is 31.9 Å². The lowest BCUT2D eigenvalue weighted by molar-refractivity contribution is -0.137. The summed E-state index contributed by atoms with van der Waals surface area (Å²) in [6, 6.07) is 11.0. The molecule has 0 spiro atoms. The summed E-state index contributed by atoms with van der Waals surface area (Å²) in [6.07, 6.45) is -2.39. The fourth-order valence-corrected chi connectivity index (χ4v) is 7.87. The average Bonchev–Trinajstić information content (AvgIpc) is 3.28. The van der Waals surface area contributed by atoms with Crippen LogP contribution in [0, 0.1) is 5.92 Å². The molecule has 1 saturated heterocycles. The quantitative estimate of drug-likeness (QED) is 0.498. The van der Waals surface area contributed by atoms with Crippen LogP contribution in [0.4, 0.5) is 13.2 Å². The average molecular weight is 580 g/mol. The summed E-state index contributed by atoms with van der Waals surface area (Å²) >= 11 is 0. The normalized spacial score (nSPS) is 24.2. The third-order valence-electron chi connectivity index (χ3n) is 8.50. The Bertz CT molecular complexity index is 1350. The minimum Gasteiger partial charge on any atom is -0.366 e. The van der Waals surface area contributed by atoms with E-state index in [1.165, 1.54) is 6.07 Å². The van der Waals surface area contributed by atoms with Gasteiger partial charge in [0, 0.05) is 30.2 Å². The number of primary amides is 1. The summed E-state index contributed by atoms with van der Waals surface area (Å²) in [4.78, 5) is 30.0. The number of nitrogens with zero attached hydrogens (tertiary/aromatic N) is 2. The Morgan fingerprint density at radius 2 is 1.77 bits per heavy atom. The fourth-order valence-electron chi connectivity index (χ4n) is 6.18. The molecule has 1 heterocycles. The molecule has 218 valence electrons. The Hall–Kier alpha value is -2.92. The summed E-state index contributed by atoms with van der Waals surface area (Å²) in [7, 11) is -1.62. The standard InChI is InChI=1S/C29H36F3N3O4S/c1-18(2)34(3)21-10-12-26(19(15-21)17-40(38,39)22-7-5-4-6-8-22)35-14-13-24(28(35)37)23-11-9-20(29(30,31)32)16-25(23)27(33)36/h4-9,11,16,18-19,21,24,26H,10,12-15,17H2,1-3H3,(H2,33,36)/t19-,21+,24-,26-/m0/s1. The van der Waals surface area contributed by atoms with Crippen LogP contribution in [-0.4, -0.2) is 67.5 Å². The van der Waals surface area contributed by atoms with Gasteiger partial charge < -0.3 is 15.5 Å². The number of benzene rings is 2. The number of halogens is 3. The van der Waals surface area contributed by atoms with E-state index in [2.05, 4.69) is 18.7 Å². The third kappa shape index (κ3) is 6.20. The van der Waals surface area contributed by atoms with Crippen molar-refractivity contribution in [3.63, 3.8) is 0 Å². The van der Waals surface area contributed by atoms with Crippen molar-refractivity contribution >= 4 is 21.7 Å². The van der Waals surface area contributed by atoms with Crippen molar-refractivity contribution in [2.45, 2.75) is 74.6 Å². The lowest BCUT2D eigenvalue weighted by Crippen LogP contribution is -2.51. The van der Waals surface area contributed by atoms with Crippen LogP contribution in [0.5, 0.6) is 0 Å². The molecule has 2 aliphatic rings. The molecule has 2 N–H and O–H groups in total. The number of carbonyl (C=O) groups is 2. The second-order valence-electron chi connectivity index (χ2n) is 11.2. The van der Waals surface area contributed by atoms with E-state index in [1.807, 2.05) is 7.05 Å². The van der Waals surface area contributed by atoms with Crippen LogP contribution < -0.4 is 5.73 Å². The lowest BCUT2D eigenvalue weighted by atomic mass is 9.80. The molecule has 2 aromatic rings. The largest absolute Gasteiger partial charge is 0.416 e. The molecule has 0 radical (unpaired) electrons. The van der Waals surface area contributed by atoms with Gasteiger partial charge in [-0.25, -0.2) is 8.42 Å². The second kappa shape index (κ2) is 11.5. The van der Waals surface area contributed by atoms with Crippen molar-refractivity contribution in [2.24, 2.45) is 11.7 Å². The van der Waals surface area contributed by atoms with Crippen LogP contribution in [0.2, 0.25) is 0 Å². The highest BCUT2D eigenvalue weighted by Gasteiger charge is 2.45. The van der Waals surface area contributed by atoms with E-state index in [-0.39, 0.29) is 51.7 Å².